The molecule has 0 aliphatic rings. The maximum absolute atomic E-state index is 12.2. The van der Waals surface area contributed by atoms with Gasteiger partial charge >= 0.3 is 7.60 Å². The van der Waals surface area contributed by atoms with Crippen molar-refractivity contribution in [3.63, 3.8) is 0 Å². The Bertz CT molecular complexity index is 305. The molecule has 0 amide bonds. The van der Waals surface area contributed by atoms with Gasteiger partial charge in [-0.05, 0) is 26.7 Å². The lowest BCUT2D eigenvalue weighted by atomic mass is 10.2. The summed E-state index contributed by atoms with van der Waals surface area (Å²) in [6.45, 7) is 8.79. The summed E-state index contributed by atoms with van der Waals surface area (Å²) in [6, 6.07) is 0. The van der Waals surface area contributed by atoms with E-state index in [2.05, 4.69) is 0 Å². The van der Waals surface area contributed by atoms with Crippen molar-refractivity contribution in [1.82, 2.24) is 0 Å². The molecule has 0 spiro atoms. The normalized spacial score (nSPS) is 12.0. The van der Waals surface area contributed by atoms with Crippen molar-refractivity contribution < 1.29 is 32.6 Å². The van der Waals surface area contributed by atoms with Crippen molar-refractivity contribution in [3.8, 4) is 0 Å². The van der Waals surface area contributed by atoms with Crippen LogP contribution in [0.2, 0.25) is 0 Å². The highest BCUT2D eigenvalue weighted by atomic mass is 31.2. The maximum Gasteiger partial charge on any atom is 0.330 e. The van der Waals surface area contributed by atoms with Crippen LogP contribution in [-0.4, -0.2) is 72.7 Å². The van der Waals surface area contributed by atoms with Crippen molar-refractivity contribution >= 4 is 7.60 Å². The molecule has 0 heterocycles. The van der Waals surface area contributed by atoms with Gasteiger partial charge in [-0.15, -0.1) is 0 Å². The second-order valence-corrected chi connectivity index (χ2v) is 7.60. The Morgan fingerprint density at radius 2 is 1.12 bits per heavy atom. The zero-order valence-electron chi connectivity index (χ0n) is 16.2. The summed E-state index contributed by atoms with van der Waals surface area (Å²) in [5.41, 5.74) is 0. The van der Waals surface area contributed by atoms with Crippen LogP contribution >= 0.6 is 7.60 Å². The summed E-state index contributed by atoms with van der Waals surface area (Å²) in [6.07, 6.45) is 4.39. The van der Waals surface area contributed by atoms with Crippen LogP contribution in [0.5, 0.6) is 0 Å². The van der Waals surface area contributed by atoms with Gasteiger partial charge in [-0.3, -0.25) is 4.57 Å². The third-order valence-corrected chi connectivity index (χ3v) is 5.47. The molecule has 0 aliphatic heterocycles. The minimum absolute atomic E-state index is 0.423. The van der Waals surface area contributed by atoms with Crippen LogP contribution in [0.1, 0.15) is 39.5 Å². The van der Waals surface area contributed by atoms with E-state index in [1.165, 1.54) is 0 Å². The first-order valence-electron chi connectivity index (χ1n) is 9.28. The van der Waals surface area contributed by atoms with Gasteiger partial charge in [-0.1, -0.05) is 12.8 Å². The van der Waals surface area contributed by atoms with Crippen LogP contribution in [0.15, 0.2) is 0 Å². The molecule has 0 aromatic rings. The summed E-state index contributed by atoms with van der Waals surface area (Å²) >= 11 is 0. The van der Waals surface area contributed by atoms with Crippen LogP contribution in [0.4, 0.5) is 0 Å². The zero-order valence-corrected chi connectivity index (χ0v) is 17.1. The summed E-state index contributed by atoms with van der Waals surface area (Å²) in [5, 5.41) is 0. The van der Waals surface area contributed by atoms with E-state index >= 15 is 0 Å². The molecule has 0 bridgehead atoms. The molecule has 0 aromatic heterocycles. The summed E-state index contributed by atoms with van der Waals surface area (Å²) in [4.78, 5) is 0. The van der Waals surface area contributed by atoms with E-state index in [1.807, 2.05) is 13.8 Å². The van der Waals surface area contributed by atoms with E-state index in [4.69, 9.17) is 28.0 Å². The molecule has 152 valence electrons. The third kappa shape index (κ3) is 17.2. The van der Waals surface area contributed by atoms with Gasteiger partial charge in [0.15, 0.2) is 0 Å². The Morgan fingerprint density at radius 3 is 1.64 bits per heavy atom. The standard InChI is InChI=1S/C17H37O7P/c1-4-23-25(18,24-5-2)17-9-7-6-8-10-20-13-14-22-16-15-21-12-11-19-3/h4-17H2,1-3H3. The highest BCUT2D eigenvalue weighted by Crippen LogP contribution is 2.48. The number of rotatable bonds is 20. The monoisotopic (exact) mass is 384 g/mol. The lowest BCUT2D eigenvalue weighted by Crippen LogP contribution is -2.11. The lowest BCUT2D eigenvalue weighted by Gasteiger charge is -2.16. The quantitative estimate of drug-likeness (QED) is 0.235. The molecule has 25 heavy (non-hydrogen) atoms. The van der Waals surface area contributed by atoms with E-state index in [0.29, 0.717) is 59.0 Å². The molecule has 0 saturated carbocycles. The number of hydrogen-bond acceptors (Lipinski definition) is 7. The van der Waals surface area contributed by atoms with Gasteiger partial charge in [0.2, 0.25) is 0 Å². The second kappa shape index (κ2) is 18.8. The first-order valence-corrected chi connectivity index (χ1v) is 11.0. The molecule has 0 radical (unpaired) electrons. The van der Waals surface area contributed by atoms with E-state index in [9.17, 15) is 4.57 Å². The molecule has 0 atom stereocenters. The molecule has 0 saturated heterocycles. The predicted molar refractivity (Wildman–Crippen MR) is 98.5 cm³/mol. The van der Waals surface area contributed by atoms with Crippen molar-refractivity contribution in [2.45, 2.75) is 39.5 Å². The summed E-state index contributed by atoms with van der Waals surface area (Å²) in [5.74, 6) is 0. The average Bonchev–Trinajstić information content (AvgIpc) is 2.59. The van der Waals surface area contributed by atoms with E-state index in [-0.39, 0.29) is 0 Å². The van der Waals surface area contributed by atoms with E-state index < -0.39 is 7.60 Å². The molecule has 0 N–H and O–H groups in total. The van der Waals surface area contributed by atoms with Crippen LogP contribution < -0.4 is 0 Å². The van der Waals surface area contributed by atoms with Crippen LogP contribution in [0.25, 0.3) is 0 Å². The van der Waals surface area contributed by atoms with Gasteiger partial charge in [-0.25, -0.2) is 0 Å². The molecule has 0 rings (SSSR count). The largest absolute Gasteiger partial charge is 0.382 e. The Hall–Kier alpha value is -0.0100. The van der Waals surface area contributed by atoms with Crippen LogP contribution in [0, 0.1) is 0 Å². The molecule has 7 nitrogen and oxygen atoms in total. The highest BCUT2D eigenvalue weighted by Gasteiger charge is 2.22. The van der Waals surface area contributed by atoms with Crippen molar-refractivity contribution in [3.05, 3.63) is 0 Å². The second-order valence-electron chi connectivity index (χ2n) is 5.41. The average molecular weight is 384 g/mol. The topological polar surface area (TPSA) is 72.5 Å². The molecule has 0 fully saturated rings. The molecular formula is C17H37O7P. The predicted octanol–water partition coefficient (Wildman–Crippen LogP) is 3.51. The Kier molecular flexibility index (Phi) is 18.8. The van der Waals surface area contributed by atoms with Gasteiger partial charge in [0, 0.05) is 13.7 Å². The Balaban J connectivity index is 3.29. The van der Waals surface area contributed by atoms with Crippen molar-refractivity contribution in [1.29, 1.82) is 0 Å². The smallest absolute Gasteiger partial charge is 0.330 e. The van der Waals surface area contributed by atoms with Crippen LogP contribution in [-0.2, 0) is 32.6 Å². The van der Waals surface area contributed by atoms with Crippen LogP contribution in [0.3, 0.4) is 0 Å². The number of methoxy groups -OCH3 is 1. The fourth-order valence-electron chi connectivity index (χ4n) is 2.11. The summed E-state index contributed by atoms with van der Waals surface area (Å²) < 4.78 is 43.8. The maximum atomic E-state index is 12.2. The number of ether oxygens (including phenoxy) is 4. The summed E-state index contributed by atoms with van der Waals surface area (Å²) in [7, 11) is -1.22. The molecule has 8 heteroatoms. The first-order chi connectivity index (χ1) is 12.2. The third-order valence-electron chi connectivity index (χ3n) is 3.30. The fourth-order valence-corrected chi connectivity index (χ4v) is 3.84. The van der Waals surface area contributed by atoms with Gasteiger partial charge in [0.05, 0.1) is 59.0 Å². The molecule has 0 aliphatic carbocycles. The number of hydrogen-bond donors (Lipinski definition) is 0. The van der Waals surface area contributed by atoms with Crippen molar-refractivity contribution in [2.24, 2.45) is 0 Å². The number of unbranched alkanes of at least 4 members (excludes halogenated alkanes) is 3. The van der Waals surface area contributed by atoms with Gasteiger partial charge in [-0.2, -0.15) is 0 Å². The lowest BCUT2D eigenvalue weighted by molar-refractivity contribution is 0.00324. The Labute approximate surface area is 153 Å². The SMILES string of the molecule is CCOP(=O)(CCCCCCOCCOCCOCCOC)OCC. The zero-order chi connectivity index (χ0) is 18.6. The first kappa shape index (κ1) is 25.0. The van der Waals surface area contributed by atoms with Gasteiger partial charge in [0.25, 0.3) is 0 Å². The van der Waals surface area contributed by atoms with Gasteiger partial charge < -0.3 is 28.0 Å². The van der Waals surface area contributed by atoms with E-state index in [1.54, 1.807) is 7.11 Å². The fraction of sp³-hybridized carbons (Fsp3) is 1.00. The van der Waals surface area contributed by atoms with Crippen molar-refractivity contribution in [2.75, 3.05) is 72.7 Å². The molecular weight excluding hydrogens is 347 g/mol. The van der Waals surface area contributed by atoms with Gasteiger partial charge in [0.1, 0.15) is 0 Å². The molecule has 0 unspecified atom stereocenters. The highest BCUT2D eigenvalue weighted by molar-refractivity contribution is 7.53. The Morgan fingerprint density at radius 1 is 0.640 bits per heavy atom. The van der Waals surface area contributed by atoms with E-state index in [0.717, 1.165) is 32.3 Å². The minimum atomic E-state index is -2.87. The minimum Gasteiger partial charge on any atom is -0.382 e. The molecule has 0 aromatic carbocycles.